The second-order valence-corrected chi connectivity index (χ2v) is 6.03. The fourth-order valence-electron chi connectivity index (χ4n) is 2.95. The largest absolute Gasteiger partial charge is 0.458 e. The monoisotopic (exact) mass is 320 g/mol. The van der Waals surface area contributed by atoms with Crippen LogP contribution in [0.3, 0.4) is 0 Å². The average Bonchev–Trinajstić information content (AvgIpc) is 2.64. The molecule has 0 aromatic heterocycles. The van der Waals surface area contributed by atoms with E-state index >= 15 is 0 Å². The molecule has 1 aliphatic rings. The van der Waals surface area contributed by atoms with E-state index in [4.69, 9.17) is 9.47 Å². The Bertz CT molecular complexity index is 676. The highest BCUT2D eigenvalue weighted by molar-refractivity contribution is 5.28. The number of rotatable bonds is 7. The molecule has 2 aromatic rings. The third-order valence-corrected chi connectivity index (χ3v) is 4.15. The first-order valence-electron chi connectivity index (χ1n) is 8.60. The summed E-state index contributed by atoms with van der Waals surface area (Å²) in [5, 5.41) is 0. The molecule has 24 heavy (non-hydrogen) atoms. The van der Waals surface area contributed by atoms with Gasteiger partial charge in [-0.25, -0.2) is 0 Å². The van der Waals surface area contributed by atoms with Crippen molar-refractivity contribution in [1.82, 2.24) is 0 Å². The minimum Gasteiger partial charge on any atom is -0.458 e. The summed E-state index contributed by atoms with van der Waals surface area (Å²) in [4.78, 5) is 0. The van der Waals surface area contributed by atoms with Gasteiger partial charge in [0.25, 0.3) is 0 Å². The zero-order valence-electron chi connectivity index (χ0n) is 14.1. The zero-order chi connectivity index (χ0) is 16.7. The van der Waals surface area contributed by atoms with E-state index in [1.54, 1.807) is 0 Å². The van der Waals surface area contributed by atoms with Gasteiger partial charge in [-0.1, -0.05) is 73.7 Å². The summed E-state index contributed by atoms with van der Waals surface area (Å²) in [6, 6.07) is 20.4. The summed E-state index contributed by atoms with van der Waals surface area (Å²) in [7, 11) is 0. The first-order chi connectivity index (χ1) is 11.8. The lowest BCUT2D eigenvalue weighted by molar-refractivity contribution is -0.172. The van der Waals surface area contributed by atoms with Gasteiger partial charge in [0.2, 0.25) is 5.79 Å². The maximum absolute atomic E-state index is 6.37. The summed E-state index contributed by atoms with van der Waals surface area (Å²) in [6.45, 7) is 2.78. The molecular formula is C22H24O2. The van der Waals surface area contributed by atoms with Crippen LogP contribution in [-0.4, -0.2) is 12.4 Å². The van der Waals surface area contributed by atoms with E-state index in [-0.39, 0.29) is 5.92 Å². The molecule has 2 unspecified atom stereocenters. The lowest BCUT2D eigenvalue weighted by Crippen LogP contribution is -2.46. The Hall–Kier alpha value is -2.32. The first-order valence-corrected chi connectivity index (χ1v) is 8.60. The predicted molar refractivity (Wildman–Crippen MR) is 98.0 cm³/mol. The molecule has 0 saturated heterocycles. The van der Waals surface area contributed by atoms with Crippen LogP contribution in [-0.2, 0) is 11.2 Å². The number of allylic oxidation sites excluding steroid dienone is 2. The lowest BCUT2D eigenvalue weighted by Gasteiger charge is -2.38. The second kappa shape index (κ2) is 7.98. The van der Waals surface area contributed by atoms with E-state index in [0.717, 1.165) is 18.6 Å². The van der Waals surface area contributed by atoms with Crippen molar-refractivity contribution in [3.8, 4) is 5.75 Å². The molecule has 3 rings (SSSR count). The molecule has 0 N–H and O–H groups in total. The lowest BCUT2D eigenvalue weighted by atomic mass is 9.87. The summed E-state index contributed by atoms with van der Waals surface area (Å²) in [5.74, 6) is 0.186. The van der Waals surface area contributed by atoms with Crippen LogP contribution in [0.25, 0.3) is 0 Å². The van der Waals surface area contributed by atoms with Crippen molar-refractivity contribution < 1.29 is 9.47 Å². The van der Waals surface area contributed by atoms with Crippen LogP contribution in [0.2, 0.25) is 0 Å². The minimum atomic E-state index is -0.762. The van der Waals surface area contributed by atoms with Crippen LogP contribution in [0.1, 0.15) is 18.9 Å². The molecule has 0 aliphatic heterocycles. The van der Waals surface area contributed by atoms with Crippen LogP contribution in [0.5, 0.6) is 5.75 Å². The highest BCUT2D eigenvalue weighted by Gasteiger charge is 2.40. The molecule has 2 heteroatoms. The van der Waals surface area contributed by atoms with E-state index in [9.17, 15) is 0 Å². The predicted octanol–water partition coefficient (Wildman–Crippen LogP) is 5.17. The Morgan fingerprint density at radius 1 is 0.917 bits per heavy atom. The average molecular weight is 320 g/mol. The Labute approximate surface area is 144 Å². The smallest absolute Gasteiger partial charge is 0.237 e. The third kappa shape index (κ3) is 3.95. The number of benzene rings is 2. The van der Waals surface area contributed by atoms with Gasteiger partial charge in [-0.2, -0.15) is 0 Å². The van der Waals surface area contributed by atoms with Crippen LogP contribution in [0.4, 0.5) is 0 Å². The minimum absolute atomic E-state index is 0.122. The highest BCUT2D eigenvalue weighted by atomic mass is 16.7. The molecule has 2 aromatic carbocycles. The van der Waals surface area contributed by atoms with Gasteiger partial charge in [-0.15, -0.1) is 0 Å². The quantitative estimate of drug-likeness (QED) is 0.655. The Balaban J connectivity index is 1.88. The first kappa shape index (κ1) is 16.5. The Morgan fingerprint density at radius 3 is 2.33 bits per heavy atom. The number of hydrogen-bond acceptors (Lipinski definition) is 2. The maximum atomic E-state index is 6.37. The molecule has 0 amide bonds. The summed E-state index contributed by atoms with van der Waals surface area (Å²) in [5.41, 5.74) is 1.28. The van der Waals surface area contributed by atoms with Crippen molar-refractivity contribution in [2.45, 2.75) is 25.6 Å². The summed E-state index contributed by atoms with van der Waals surface area (Å²) in [6.07, 6.45) is 10.2. The molecule has 1 aliphatic carbocycles. The van der Waals surface area contributed by atoms with Crippen LogP contribution < -0.4 is 4.74 Å². The van der Waals surface area contributed by atoms with Crippen molar-refractivity contribution in [2.24, 2.45) is 5.92 Å². The topological polar surface area (TPSA) is 18.5 Å². The van der Waals surface area contributed by atoms with Gasteiger partial charge in [0.05, 0.1) is 12.5 Å². The fraction of sp³-hybridized carbons (Fsp3) is 0.273. The van der Waals surface area contributed by atoms with E-state index < -0.39 is 5.79 Å². The van der Waals surface area contributed by atoms with Crippen LogP contribution >= 0.6 is 0 Å². The highest BCUT2D eigenvalue weighted by Crippen LogP contribution is 2.34. The van der Waals surface area contributed by atoms with E-state index in [1.165, 1.54) is 5.56 Å². The van der Waals surface area contributed by atoms with Gasteiger partial charge in [0.1, 0.15) is 5.75 Å². The van der Waals surface area contributed by atoms with E-state index in [0.29, 0.717) is 6.61 Å². The molecular weight excluding hydrogens is 296 g/mol. The van der Waals surface area contributed by atoms with Gasteiger partial charge in [-0.3, -0.25) is 0 Å². The van der Waals surface area contributed by atoms with Crippen LogP contribution in [0.15, 0.2) is 85.0 Å². The SMILES string of the molecule is CCCOC1(Oc2ccccc2)C=CC=CC1Cc1ccccc1. The van der Waals surface area contributed by atoms with Gasteiger partial charge < -0.3 is 9.47 Å². The van der Waals surface area contributed by atoms with Crippen molar-refractivity contribution in [3.05, 3.63) is 90.5 Å². The number of para-hydroxylation sites is 1. The molecule has 2 atom stereocenters. The van der Waals surface area contributed by atoms with Gasteiger partial charge in [-0.05, 0) is 36.6 Å². The third-order valence-electron chi connectivity index (χ3n) is 4.15. The molecule has 124 valence electrons. The molecule has 2 nitrogen and oxygen atoms in total. The molecule has 0 saturated carbocycles. The zero-order valence-corrected chi connectivity index (χ0v) is 14.1. The van der Waals surface area contributed by atoms with Gasteiger partial charge >= 0.3 is 0 Å². The second-order valence-electron chi connectivity index (χ2n) is 6.03. The standard InChI is InChI=1S/C22H24O2/c1-2-17-23-22(24-21-14-7-4-8-15-21)16-10-9-13-20(22)18-19-11-5-3-6-12-19/h3-16,20H,2,17-18H2,1H3. The number of ether oxygens (including phenoxy) is 2. The summed E-state index contributed by atoms with van der Waals surface area (Å²) < 4.78 is 12.6. The van der Waals surface area contributed by atoms with Crippen molar-refractivity contribution in [1.29, 1.82) is 0 Å². The van der Waals surface area contributed by atoms with Gasteiger partial charge in [0, 0.05) is 0 Å². The van der Waals surface area contributed by atoms with Gasteiger partial charge in [0.15, 0.2) is 0 Å². The van der Waals surface area contributed by atoms with Crippen molar-refractivity contribution in [3.63, 3.8) is 0 Å². The molecule has 0 spiro atoms. The van der Waals surface area contributed by atoms with Crippen LogP contribution in [0, 0.1) is 5.92 Å². The molecule has 0 radical (unpaired) electrons. The number of hydrogen-bond donors (Lipinski definition) is 0. The molecule has 0 fully saturated rings. The molecule has 0 bridgehead atoms. The molecule has 0 heterocycles. The fourth-order valence-corrected chi connectivity index (χ4v) is 2.95. The maximum Gasteiger partial charge on any atom is 0.237 e. The Kier molecular flexibility index (Phi) is 5.50. The Morgan fingerprint density at radius 2 is 1.62 bits per heavy atom. The van der Waals surface area contributed by atoms with E-state index in [1.807, 2.05) is 48.6 Å². The van der Waals surface area contributed by atoms with E-state index in [2.05, 4.69) is 43.3 Å². The normalized spacial score (nSPS) is 22.5. The summed E-state index contributed by atoms with van der Waals surface area (Å²) >= 11 is 0. The van der Waals surface area contributed by atoms with Crippen molar-refractivity contribution in [2.75, 3.05) is 6.61 Å². The van der Waals surface area contributed by atoms with Crippen molar-refractivity contribution >= 4 is 0 Å².